The normalized spacial score (nSPS) is 25.1. The summed E-state index contributed by atoms with van der Waals surface area (Å²) in [6.45, 7) is 1.78. The molecule has 41 heavy (non-hydrogen) atoms. The first-order valence-corrected chi connectivity index (χ1v) is 15.0. The summed E-state index contributed by atoms with van der Waals surface area (Å²) in [6.07, 6.45) is 9.00. The third-order valence-electron chi connectivity index (χ3n) is 9.43. The maximum Gasteiger partial charge on any atom is 0.251 e. The molecule has 4 fully saturated rings. The van der Waals surface area contributed by atoms with Gasteiger partial charge in [-0.3, -0.25) is 19.8 Å². The molecule has 0 radical (unpaired) electrons. The lowest BCUT2D eigenvalue weighted by Gasteiger charge is -2.46. The van der Waals surface area contributed by atoms with Gasteiger partial charge in [0.15, 0.2) is 0 Å². The van der Waals surface area contributed by atoms with Crippen LogP contribution < -0.4 is 10.1 Å². The number of benzene rings is 2. The van der Waals surface area contributed by atoms with Crippen LogP contribution in [0, 0.1) is 5.92 Å². The fourth-order valence-electron chi connectivity index (χ4n) is 7.16. The van der Waals surface area contributed by atoms with E-state index in [-0.39, 0.29) is 18.1 Å². The maximum atomic E-state index is 13.3. The molecular formula is C33H35N5O3. The number of nitrogens with zero attached hydrogens (tertiary/aromatic N) is 3. The Hall–Kier alpha value is -3.75. The molecule has 1 amide bonds. The Balaban J connectivity index is 0.970. The van der Waals surface area contributed by atoms with Gasteiger partial charge < -0.3 is 14.8 Å². The van der Waals surface area contributed by atoms with E-state index in [1.165, 1.54) is 12.8 Å². The highest BCUT2D eigenvalue weighted by Gasteiger charge is 2.46. The first kappa shape index (κ1) is 25.0. The predicted octanol–water partition coefficient (Wildman–Crippen LogP) is 5.28. The Morgan fingerprint density at radius 2 is 1.78 bits per heavy atom. The number of carbonyl (C=O) groups is 1. The Kier molecular flexibility index (Phi) is 6.26. The first-order valence-electron chi connectivity index (χ1n) is 15.0. The molecule has 4 aliphatic rings. The molecule has 3 aliphatic heterocycles. The molecule has 5 heterocycles. The number of piperidine rings is 1. The topological polar surface area (TPSA) is 92.4 Å². The van der Waals surface area contributed by atoms with E-state index in [0.717, 1.165) is 72.5 Å². The van der Waals surface area contributed by atoms with E-state index >= 15 is 0 Å². The van der Waals surface area contributed by atoms with Gasteiger partial charge in [0, 0.05) is 34.8 Å². The standard InChI is InChI=1S/C33H35N5O3/c39-33(35-32(21-4-5-21)30-3-1-2-14-34-30)22-8-13-29-28(15-22)31(37-36-29)20-6-11-26(12-7-20)41-27-16-23-9-10-24(17-27)38(23)25-18-40-19-25/h1-3,6-8,11-15,21,23-25,27,32H,4-5,9-10,16-19H2,(H,35,39)(H,36,37)/t23-,24+,27+,32-/m1/s1. The van der Waals surface area contributed by atoms with Gasteiger partial charge in [0.1, 0.15) is 11.9 Å². The van der Waals surface area contributed by atoms with E-state index in [1.54, 1.807) is 6.20 Å². The second-order valence-electron chi connectivity index (χ2n) is 12.1. The number of amides is 1. The number of hydrogen-bond donors (Lipinski definition) is 2. The van der Waals surface area contributed by atoms with Crippen LogP contribution in [0.4, 0.5) is 0 Å². The molecule has 8 heteroatoms. The predicted molar refractivity (Wildman–Crippen MR) is 156 cm³/mol. The molecular weight excluding hydrogens is 514 g/mol. The van der Waals surface area contributed by atoms with Gasteiger partial charge in [0.05, 0.1) is 42.2 Å². The van der Waals surface area contributed by atoms with Crippen molar-refractivity contribution in [2.24, 2.45) is 5.92 Å². The number of aromatic nitrogens is 3. The van der Waals surface area contributed by atoms with Crippen molar-refractivity contribution in [2.75, 3.05) is 13.2 Å². The molecule has 2 aromatic carbocycles. The number of fused-ring (bicyclic) bond motifs is 3. The lowest BCUT2D eigenvalue weighted by atomic mass is 9.96. The van der Waals surface area contributed by atoms with Gasteiger partial charge >= 0.3 is 0 Å². The number of pyridine rings is 1. The van der Waals surface area contributed by atoms with Crippen LogP contribution in [0.5, 0.6) is 5.75 Å². The second-order valence-corrected chi connectivity index (χ2v) is 12.1. The molecule has 1 aliphatic carbocycles. The minimum absolute atomic E-state index is 0.0644. The van der Waals surface area contributed by atoms with Crippen molar-refractivity contribution in [2.45, 2.75) is 68.8 Å². The summed E-state index contributed by atoms with van der Waals surface area (Å²) < 4.78 is 11.9. The van der Waals surface area contributed by atoms with Crippen molar-refractivity contribution in [3.8, 4) is 17.0 Å². The van der Waals surface area contributed by atoms with Crippen LogP contribution in [0.15, 0.2) is 66.9 Å². The van der Waals surface area contributed by atoms with E-state index in [4.69, 9.17) is 9.47 Å². The highest BCUT2D eigenvalue weighted by Crippen LogP contribution is 2.41. The van der Waals surface area contributed by atoms with Crippen molar-refractivity contribution < 1.29 is 14.3 Å². The molecule has 4 aromatic rings. The summed E-state index contributed by atoms with van der Waals surface area (Å²) in [7, 11) is 0. The highest BCUT2D eigenvalue weighted by molar-refractivity contribution is 6.01. The van der Waals surface area contributed by atoms with Gasteiger partial charge in [-0.1, -0.05) is 6.07 Å². The molecule has 8 nitrogen and oxygen atoms in total. The van der Waals surface area contributed by atoms with Gasteiger partial charge in [0.2, 0.25) is 0 Å². The van der Waals surface area contributed by atoms with Crippen molar-refractivity contribution in [3.05, 3.63) is 78.1 Å². The Bertz CT molecular complexity index is 1530. The molecule has 2 N–H and O–H groups in total. The van der Waals surface area contributed by atoms with Gasteiger partial charge in [-0.25, -0.2) is 0 Å². The monoisotopic (exact) mass is 549 g/mol. The summed E-state index contributed by atoms with van der Waals surface area (Å²) in [5.74, 6) is 1.26. The first-order chi connectivity index (χ1) is 20.2. The zero-order valence-electron chi connectivity index (χ0n) is 23.0. The summed E-state index contributed by atoms with van der Waals surface area (Å²) in [4.78, 5) is 20.6. The maximum absolute atomic E-state index is 13.3. The molecule has 0 spiro atoms. The largest absolute Gasteiger partial charge is 0.490 e. The van der Waals surface area contributed by atoms with Gasteiger partial charge in [-0.05, 0) is 99.0 Å². The van der Waals surface area contributed by atoms with Crippen LogP contribution in [0.2, 0.25) is 0 Å². The molecule has 2 bridgehead atoms. The molecule has 0 unspecified atom stereocenters. The summed E-state index contributed by atoms with van der Waals surface area (Å²) in [5.41, 5.74) is 4.27. The summed E-state index contributed by atoms with van der Waals surface area (Å²) in [5, 5.41) is 11.9. The second kappa shape index (κ2) is 10.3. The molecule has 3 saturated heterocycles. The van der Waals surface area contributed by atoms with E-state index in [9.17, 15) is 4.79 Å². The smallest absolute Gasteiger partial charge is 0.251 e. The van der Waals surface area contributed by atoms with Crippen molar-refractivity contribution in [1.29, 1.82) is 0 Å². The fourth-order valence-corrected chi connectivity index (χ4v) is 7.16. The van der Waals surface area contributed by atoms with E-state index < -0.39 is 0 Å². The van der Waals surface area contributed by atoms with Gasteiger partial charge in [-0.2, -0.15) is 5.10 Å². The van der Waals surface area contributed by atoms with Crippen molar-refractivity contribution in [3.63, 3.8) is 0 Å². The number of nitrogens with one attached hydrogen (secondary N) is 2. The SMILES string of the molecule is O=C(N[C@@H](c1ccccn1)C1CC1)c1ccc2[nH]nc(-c3ccc(O[C@H]4C[C@H]5CC[C@@H](C4)N5C4COC4)cc3)c2c1. The van der Waals surface area contributed by atoms with E-state index in [0.29, 0.717) is 29.6 Å². The Morgan fingerprint density at radius 3 is 2.46 bits per heavy atom. The average molecular weight is 550 g/mol. The zero-order chi connectivity index (χ0) is 27.3. The van der Waals surface area contributed by atoms with Crippen LogP contribution in [0.1, 0.15) is 60.6 Å². The Labute approximate surface area is 239 Å². The van der Waals surface area contributed by atoms with Crippen LogP contribution in [-0.4, -0.2) is 63.4 Å². The quantitative estimate of drug-likeness (QED) is 0.311. The lowest BCUT2D eigenvalue weighted by Crippen LogP contribution is -2.57. The summed E-state index contributed by atoms with van der Waals surface area (Å²) >= 11 is 0. The van der Waals surface area contributed by atoms with Crippen LogP contribution >= 0.6 is 0 Å². The zero-order valence-corrected chi connectivity index (χ0v) is 23.0. The molecule has 1 saturated carbocycles. The number of hydrogen-bond acceptors (Lipinski definition) is 6. The van der Waals surface area contributed by atoms with Crippen LogP contribution in [-0.2, 0) is 4.74 Å². The van der Waals surface area contributed by atoms with Crippen molar-refractivity contribution in [1.82, 2.24) is 25.4 Å². The average Bonchev–Trinajstić information content (AvgIpc) is 3.68. The molecule has 8 rings (SSSR count). The van der Waals surface area contributed by atoms with Crippen LogP contribution in [0.3, 0.4) is 0 Å². The van der Waals surface area contributed by atoms with Gasteiger partial charge in [0.25, 0.3) is 5.91 Å². The molecule has 210 valence electrons. The summed E-state index contributed by atoms with van der Waals surface area (Å²) in [6, 6.07) is 21.6. The molecule has 2 aromatic heterocycles. The highest BCUT2D eigenvalue weighted by atomic mass is 16.5. The van der Waals surface area contributed by atoms with E-state index in [1.807, 2.05) is 48.5 Å². The minimum atomic E-state index is -0.0878. The lowest BCUT2D eigenvalue weighted by molar-refractivity contribution is -0.102. The number of ether oxygens (including phenoxy) is 2. The number of rotatable bonds is 8. The van der Waals surface area contributed by atoms with Gasteiger partial charge in [-0.15, -0.1) is 0 Å². The van der Waals surface area contributed by atoms with Crippen molar-refractivity contribution >= 4 is 16.8 Å². The third-order valence-corrected chi connectivity index (χ3v) is 9.43. The molecule has 4 atom stereocenters. The Morgan fingerprint density at radius 1 is 0.976 bits per heavy atom. The number of aromatic amines is 1. The third kappa shape index (κ3) is 4.79. The van der Waals surface area contributed by atoms with Crippen LogP contribution in [0.25, 0.3) is 22.2 Å². The minimum Gasteiger partial charge on any atom is -0.490 e. The number of carbonyl (C=O) groups excluding carboxylic acids is 1. The number of H-pyrrole nitrogens is 1. The fraction of sp³-hybridized carbons (Fsp3) is 0.424. The van der Waals surface area contributed by atoms with E-state index in [2.05, 4.69) is 37.5 Å².